The van der Waals surface area contributed by atoms with Crippen LogP contribution >= 0.6 is 11.6 Å². The molecule has 0 atom stereocenters. The highest BCUT2D eigenvalue weighted by molar-refractivity contribution is 6.30. The van der Waals surface area contributed by atoms with E-state index in [9.17, 15) is 4.39 Å². The van der Waals surface area contributed by atoms with E-state index in [0.29, 0.717) is 11.6 Å². The van der Waals surface area contributed by atoms with Gasteiger partial charge in [0.05, 0.1) is 11.9 Å². The zero-order valence-electron chi connectivity index (χ0n) is 14.8. The number of rotatable bonds is 4. The molecule has 0 amide bonds. The molecule has 0 fully saturated rings. The Labute approximate surface area is 165 Å². The Morgan fingerprint density at radius 1 is 1.14 bits per heavy atom. The van der Waals surface area contributed by atoms with E-state index in [-0.39, 0.29) is 5.82 Å². The molecule has 3 N–H and O–H groups in total. The molecule has 1 heterocycles. The minimum atomic E-state index is -1.82. The first-order valence-electron chi connectivity index (χ1n) is 8.00. The molecule has 0 aliphatic carbocycles. The van der Waals surface area contributed by atoms with E-state index in [1.165, 1.54) is 12.1 Å². The van der Waals surface area contributed by atoms with Crippen LogP contribution in [0.5, 0.6) is 0 Å². The average Bonchev–Trinajstić information content (AvgIpc) is 3.02. The largest absolute Gasteiger partial charge is 0.473 e. The number of hydrogen-bond donors (Lipinski definition) is 3. The number of nitrogens with zero attached hydrogens (tertiary/aromatic N) is 2. The second-order valence-electron chi connectivity index (χ2n) is 5.63. The van der Waals surface area contributed by atoms with Gasteiger partial charge in [0.2, 0.25) is 5.95 Å². The van der Waals surface area contributed by atoms with Crippen molar-refractivity contribution >= 4 is 29.5 Å². The van der Waals surface area contributed by atoms with Crippen molar-refractivity contribution in [1.82, 2.24) is 9.55 Å². The number of nitrogens with one attached hydrogen (secondary N) is 1. The molecule has 7 nitrogen and oxygen atoms in total. The third-order valence-corrected chi connectivity index (χ3v) is 3.90. The van der Waals surface area contributed by atoms with Crippen LogP contribution in [-0.2, 0) is 23.2 Å². The normalized spacial score (nSPS) is 9.96. The molecule has 2 aromatic carbocycles. The summed E-state index contributed by atoms with van der Waals surface area (Å²) in [5.74, 6) is -3.15. The topological polar surface area (TPSA) is 104 Å². The molecule has 1 aromatic heterocycles. The van der Waals surface area contributed by atoms with Crippen molar-refractivity contribution in [2.24, 2.45) is 7.05 Å². The van der Waals surface area contributed by atoms with Gasteiger partial charge in [0.1, 0.15) is 5.82 Å². The summed E-state index contributed by atoms with van der Waals surface area (Å²) in [6.45, 7) is 0.517. The molecular weight excluding hydrogens is 389 g/mol. The van der Waals surface area contributed by atoms with Gasteiger partial charge < -0.3 is 20.1 Å². The third-order valence-electron chi connectivity index (χ3n) is 3.65. The molecule has 0 unspecified atom stereocenters. The molecule has 0 aliphatic rings. The second-order valence-corrected chi connectivity index (χ2v) is 6.06. The highest BCUT2D eigenvalue weighted by atomic mass is 35.5. The Morgan fingerprint density at radius 3 is 2.36 bits per heavy atom. The number of aromatic nitrogens is 2. The summed E-state index contributed by atoms with van der Waals surface area (Å²) in [4.78, 5) is 22.6. The molecule has 0 aliphatic heterocycles. The summed E-state index contributed by atoms with van der Waals surface area (Å²) in [5, 5.41) is 18.7. The number of hydrogen-bond acceptors (Lipinski definition) is 4. The van der Waals surface area contributed by atoms with Gasteiger partial charge in [0.15, 0.2) is 0 Å². The summed E-state index contributed by atoms with van der Waals surface area (Å²) >= 11 is 5.91. The highest BCUT2D eigenvalue weighted by Gasteiger charge is 2.08. The predicted molar refractivity (Wildman–Crippen MR) is 103 cm³/mol. The lowest BCUT2D eigenvalue weighted by molar-refractivity contribution is -0.159. The Balaban J connectivity index is 0.000000409. The molecule has 9 heteroatoms. The number of carboxylic acid groups (broad SMARTS) is 2. The quantitative estimate of drug-likeness (QED) is 0.572. The van der Waals surface area contributed by atoms with Crippen molar-refractivity contribution in [2.45, 2.75) is 6.54 Å². The Morgan fingerprint density at radius 2 is 1.79 bits per heavy atom. The molecule has 3 aromatic rings. The standard InChI is InChI=1S/C17H15ClFN3.C2H2O4/c1-22-16(13-5-7-14(18)8-6-13)11-21-17(22)20-10-12-3-2-4-15(19)9-12;3-1(4)2(5)6/h2-9,11H,10H2,1H3,(H,20,21);(H,3,4)(H,5,6). The van der Waals surface area contributed by atoms with Crippen LogP contribution in [-0.4, -0.2) is 31.7 Å². The van der Waals surface area contributed by atoms with Crippen molar-refractivity contribution in [3.05, 3.63) is 71.1 Å². The number of imidazole rings is 1. The molecule has 0 saturated carbocycles. The lowest BCUT2D eigenvalue weighted by atomic mass is 10.2. The van der Waals surface area contributed by atoms with Crippen LogP contribution in [0.3, 0.4) is 0 Å². The minimum absolute atomic E-state index is 0.235. The first-order valence-corrected chi connectivity index (χ1v) is 8.38. The highest BCUT2D eigenvalue weighted by Crippen LogP contribution is 2.23. The number of anilines is 1. The van der Waals surface area contributed by atoms with Gasteiger partial charge in [-0.3, -0.25) is 0 Å². The zero-order chi connectivity index (χ0) is 20.7. The summed E-state index contributed by atoms with van der Waals surface area (Å²) in [7, 11) is 1.94. The molecule has 0 bridgehead atoms. The van der Waals surface area contributed by atoms with Gasteiger partial charge in [-0.2, -0.15) is 0 Å². The van der Waals surface area contributed by atoms with Crippen LogP contribution in [0.25, 0.3) is 11.3 Å². The molecule has 3 rings (SSSR count). The van der Waals surface area contributed by atoms with Gasteiger partial charge in [0.25, 0.3) is 0 Å². The van der Waals surface area contributed by atoms with E-state index in [4.69, 9.17) is 31.4 Å². The number of halogens is 2. The molecular formula is C19H17ClFN3O4. The van der Waals surface area contributed by atoms with Gasteiger partial charge in [-0.1, -0.05) is 35.9 Å². The Kier molecular flexibility index (Phi) is 7.11. The Hall–Kier alpha value is -3.39. The maximum atomic E-state index is 13.2. The average molecular weight is 406 g/mol. The van der Waals surface area contributed by atoms with Gasteiger partial charge in [-0.15, -0.1) is 0 Å². The van der Waals surface area contributed by atoms with Crippen LogP contribution in [0.2, 0.25) is 5.02 Å². The van der Waals surface area contributed by atoms with E-state index < -0.39 is 11.9 Å². The number of benzene rings is 2. The van der Waals surface area contributed by atoms with Crippen LogP contribution in [0.4, 0.5) is 10.3 Å². The van der Waals surface area contributed by atoms with E-state index in [0.717, 1.165) is 22.8 Å². The molecule has 0 radical (unpaired) electrons. The third kappa shape index (κ3) is 5.82. The molecule has 0 saturated heterocycles. The van der Waals surface area contributed by atoms with E-state index in [2.05, 4.69) is 10.3 Å². The summed E-state index contributed by atoms with van der Waals surface area (Å²) < 4.78 is 15.1. The maximum Gasteiger partial charge on any atom is 0.414 e. The van der Waals surface area contributed by atoms with E-state index >= 15 is 0 Å². The van der Waals surface area contributed by atoms with Gasteiger partial charge in [-0.05, 0) is 35.4 Å². The monoisotopic (exact) mass is 405 g/mol. The zero-order valence-corrected chi connectivity index (χ0v) is 15.5. The fraction of sp³-hybridized carbons (Fsp3) is 0.105. The van der Waals surface area contributed by atoms with Crippen LogP contribution in [0.15, 0.2) is 54.7 Å². The van der Waals surface area contributed by atoms with Crippen LogP contribution in [0, 0.1) is 5.82 Å². The number of carboxylic acids is 2. The predicted octanol–water partition coefficient (Wildman–Crippen LogP) is 3.65. The van der Waals surface area contributed by atoms with Crippen molar-refractivity contribution in [2.75, 3.05) is 5.32 Å². The minimum Gasteiger partial charge on any atom is -0.473 e. The number of aliphatic carboxylic acids is 2. The number of carbonyl (C=O) groups is 2. The fourth-order valence-corrected chi connectivity index (χ4v) is 2.42. The van der Waals surface area contributed by atoms with Crippen molar-refractivity contribution in [3.63, 3.8) is 0 Å². The van der Waals surface area contributed by atoms with E-state index in [1.54, 1.807) is 12.3 Å². The first-order chi connectivity index (χ1) is 13.3. The molecule has 146 valence electrons. The van der Waals surface area contributed by atoms with Gasteiger partial charge >= 0.3 is 11.9 Å². The second kappa shape index (κ2) is 9.52. The first kappa shape index (κ1) is 20.9. The van der Waals surface area contributed by atoms with Gasteiger partial charge in [0, 0.05) is 18.6 Å². The molecule has 28 heavy (non-hydrogen) atoms. The summed E-state index contributed by atoms with van der Waals surface area (Å²) in [6, 6.07) is 14.1. The van der Waals surface area contributed by atoms with Gasteiger partial charge in [-0.25, -0.2) is 19.0 Å². The fourth-order valence-electron chi connectivity index (χ4n) is 2.29. The smallest absolute Gasteiger partial charge is 0.414 e. The molecule has 0 spiro atoms. The maximum absolute atomic E-state index is 13.2. The lowest BCUT2D eigenvalue weighted by Gasteiger charge is -2.08. The van der Waals surface area contributed by atoms with Crippen molar-refractivity contribution in [1.29, 1.82) is 0 Å². The van der Waals surface area contributed by atoms with Crippen molar-refractivity contribution in [3.8, 4) is 11.3 Å². The SMILES string of the molecule is Cn1c(-c2ccc(Cl)cc2)cnc1NCc1cccc(F)c1.O=C(O)C(=O)O. The summed E-state index contributed by atoms with van der Waals surface area (Å²) in [5.41, 5.74) is 2.90. The van der Waals surface area contributed by atoms with Crippen LogP contribution in [0.1, 0.15) is 5.56 Å². The van der Waals surface area contributed by atoms with E-state index in [1.807, 2.05) is 41.9 Å². The summed E-state index contributed by atoms with van der Waals surface area (Å²) in [6.07, 6.45) is 1.80. The van der Waals surface area contributed by atoms with Crippen molar-refractivity contribution < 1.29 is 24.2 Å². The Bertz CT molecular complexity index is 962. The lowest BCUT2D eigenvalue weighted by Crippen LogP contribution is -2.09. The van der Waals surface area contributed by atoms with Crippen LogP contribution < -0.4 is 5.32 Å².